The van der Waals surface area contributed by atoms with Crippen LogP contribution < -0.4 is 0 Å². The first-order valence-corrected chi connectivity index (χ1v) is 15.1. The smallest absolute Gasteiger partial charge is 0.309 e. The molecule has 0 aliphatic heterocycles. The van der Waals surface area contributed by atoms with E-state index in [0.29, 0.717) is 44.0 Å². The Kier molecular flexibility index (Phi) is 6.84. The predicted molar refractivity (Wildman–Crippen MR) is 173 cm³/mol. The second-order valence-electron chi connectivity index (χ2n) is 11.8. The fourth-order valence-corrected chi connectivity index (χ4v) is 6.73. The van der Waals surface area contributed by atoms with Gasteiger partial charge in [0.1, 0.15) is 0 Å². The number of halogens is 9. The van der Waals surface area contributed by atoms with Crippen molar-refractivity contribution >= 4 is 43.6 Å². The molecular formula is C38H20F9N3. The maximum Gasteiger partial charge on any atom is 0.416 e. The van der Waals surface area contributed by atoms with E-state index in [0.717, 1.165) is 36.4 Å². The molecular weight excluding hydrogens is 669 g/mol. The quantitative estimate of drug-likeness (QED) is 0.169. The predicted octanol–water partition coefficient (Wildman–Crippen LogP) is 12.0. The zero-order valence-electron chi connectivity index (χ0n) is 25.3. The summed E-state index contributed by atoms with van der Waals surface area (Å²) >= 11 is 0. The van der Waals surface area contributed by atoms with E-state index < -0.39 is 35.2 Å². The van der Waals surface area contributed by atoms with Crippen LogP contribution in [0.5, 0.6) is 0 Å². The molecule has 50 heavy (non-hydrogen) atoms. The Morgan fingerprint density at radius 3 is 1.34 bits per heavy atom. The van der Waals surface area contributed by atoms with Crippen LogP contribution in [0.15, 0.2) is 122 Å². The third-order valence-corrected chi connectivity index (χ3v) is 8.90. The lowest BCUT2D eigenvalue weighted by atomic mass is 9.99. The molecule has 3 heterocycles. The highest BCUT2D eigenvalue weighted by molar-refractivity contribution is 6.11. The molecule has 0 unspecified atom stereocenters. The molecule has 0 saturated heterocycles. The molecule has 3 aromatic heterocycles. The van der Waals surface area contributed by atoms with Crippen LogP contribution in [0.3, 0.4) is 0 Å². The lowest BCUT2D eigenvalue weighted by Crippen LogP contribution is -2.08. The molecule has 8 rings (SSSR count). The molecule has 3 nitrogen and oxygen atoms in total. The van der Waals surface area contributed by atoms with E-state index in [1.807, 2.05) is 0 Å². The first kappa shape index (κ1) is 31.5. The monoisotopic (exact) mass is 689 g/mol. The lowest BCUT2D eigenvalue weighted by Gasteiger charge is -2.20. The highest BCUT2D eigenvalue weighted by Crippen LogP contribution is 2.44. The highest BCUT2D eigenvalue weighted by Gasteiger charge is 2.34. The van der Waals surface area contributed by atoms with Crippen molar-refractivity contribution in [1.29, 1.82) is 0 Å². The van der Waals surface area contributed by atoms with Crippen molar-refractivity contribution in [3.63, 3.8) is 0 Å². The Balaban J connectivity index is 1.46. The molecule has 0 bridgehead atoms. The van der Waals surface area contributed by atoms with Gasteiger partial charge in [-0.25, -0.2) is 0 Å². The number of para-hydroxylation sites is 2. The van der Waals surface area contributed by atoms with E-state index in [4.69, 9.17) is 0 Å². The van der Waals surface area contributed by atoms with E-state index in [1.165, 1.54) is 35.2 Å². The largest absolute Gasteiger partial charge is 0.416 e. The third kappa shape index (κ3) is 4.96. The Labute approximate surface area is 276 Å². The second kappa shape index (κ2) is 10.9. The van der Waals surface area contributed by atoms with Crippen LogP contribution in [0.2, 0.25) is 0 Å². The fraction of sp³-hybridized carbons (Fsp3) is 0.0789. The summed E-state index contributed by atoms with van der Waals surface area (Å²) in [5, 5.41) is 1.41. The average molecular weight is 690 g/mol. The first-order chi connectivity index (χ1) is 23.7. The van der Waals surface area contributed by atoms with Gasteiger partial charge < -0.3 is 9.13 Å². The molecule has 8 aromatic rings. The maximum absolute atomic E-state index is 14.3. The lowest BCUT2D eigenvalue weighted by molar-refractivity contribution is -0.138. The first-order valence-electron chi connectivity index (χ1n) is 15.1. The molecule has 0 atom stereocenters. The molecule has 0 aliphatic rings. The number of pyridine rings is 1. The van der Waals surface area contributed by atoms with Crippen LogP contribution in [-0.2, 0) is 18.5 Å². The van der Waals surface area contributed by atoms with Gasteiger partial charge in [-0.15, -0.1) is 0 Å². The van der Waals surface area contributed by atoms with Crippen LogP contribution >= 0.6 is 0 Å². The number of nitrogens with zero attached hydrogens (tertiary/aromatic N) is 3. The average Bonchev–Trinajstić information content (AvgIpc) is 3.59. The summed E-state index contributed by atoms with van der Waals surface area (Å²) in [4.78, 5) is 4.28. The number of benzene rings is 5. The standard InChI is InChI=1S/C38H20F9N3/c39-36(40,41)21-10-13-32-28(17-21)24-5-1-3-7-30(24)49(32)34-19-23(38(45,46)47)9-12-26(34)27-15-16-48-20-35(27)50-31-8-4-2-6-25(31)29-18-22(37(42,43)44)11-14-33(29)50/h1-20H. The van der Waals surface area contributed by atoms with Gasteiger partial charge in [0, 0.05) is 38.9 Å². The molecule has 250 valence electrons. The SMILES string of the molecule is FC(F)(F)c1ccc(-c2ccncc2-n2c3ccccc3c3cc(C(F)(F)F)ccc32)c(-n2c3ccccc3c3cc(C(F)(F)F)ccc32)c1. The van der Waals surface area contributed by atoms with Gasteiger partial charge in [-0.2, -0.15) is 39.5 Å². The Hall–Kier alpha value is -5.78. The van der Waals surface area contributed by atoms with E-state index >= 15 is 0 Å². The number of aromatic nitrogens is 3. The summed E-state index contributed by atoms with van der Waals surface area (Å²) in [5.74, 6) is 0. The summed E-state index contributed by atoms with van der Waals surface area (Å²) in [6.45, 7) is 0. The zero-order chi connectivity index (χ0) is 35.2. The van der Waals surface area contributed by atoms with Crippen molar-refractivity contribution in [3.05, 3.63) is 138 Å². The van der Waals surface area contributed by atoms with Gasteiger partial charge in [-0.3, -0.25) is 4.98 Å². The van der Waals surface area contributed by atoms with Crippen LogP contribution in [0.4, 0.5) is 39.5 Å². The van der Waals surface area contributed by atoms with Crippen molar-refractivity contribution in [2.75, 3.05) is 0 Å². The molecule has 0 amide bonds. The molecule has 0 saturated carbocycles. The minimum atomic E-state index is -4.76. The van der Waals surface area contributed by atoms with Gasteiger partial charge in [0.25, 0.3) is 0 Å². The summed E-state index contributed by atoms with van der Waals surface area (Å²) < 4.78 is 129. The Morgan fingerprint density at radius 2 is 0.820 bits per heavy atom. The van der Waals surface area contributed by atoms with Gasteiger partial charge in [0.2, 0.25) is 0 Å². The molecule has 5 aromatic carbocycles. The number of hydrogen-bond donors (Lipinski definition) is 0. The van der Waals surface area contributed by atoms with E-state index in [1.54, 1.807) is 59.2 Å². The van der Waals surface area contributed by atoms with Crippen molar-refractivity contribution in [2.24, 2.45) is 0 Å². The van der Waals surface area contributed by atoms with E-state index in [-0.39, 0.29) is 22.2 Å². The Bertz CT molecular complexity index is 2620. The van der Waals surface area contributed by atoms with Gasteiger partial charge >= 0.3 is 18.5 Å². The molecule has 0 aliphatic carbocycles. The highest BCUT2D eigenvalue weighted by atomic mass is 19.4. The van der Waals surface area contributed by atoms with Crippen LogP contribution in [0, 0.1) is 0 Å². The van der Waals surface area contributed by atoms with Gasteiger partial charge in [-0.1, -0.05) is 42.5 Å². The number of fused-ring (bicyclic) bond motifs is 6. The summed E-state index contributed by atoms with van der Waals surface area (Å²) in [6, 6.07) is 24.5. The molecule has 12 heteroatoms. The minimum Gasteiger partial charge on any atom is -0.309 e. The summed E-state index contributed by atoms with van der Waals surface area (Å²) in [5.41, 5.74) is -0.155. The van der Waals surface area contributed by atoms with Gasteiger partial charge in [-0.05, 0) is 66.7 Å². The fourth-order valence-electron chi connectivity index (χ4n) is 6.73. The van der Waals surface area contributed by atoms with Crippen molar-refractivity contribution < 1.29 is 39.5 Å². The summed E-state index contributed by atoms with van der Waals surface area (Å²) in [6.07, 6.45) is -11.1. The number of rotatable bonds is 3. The van der Waals surface area contributed by atoms with Gasteiger partial charge in [0.05, 0.1) is 56.3 Å². The number of alkyl halides is 9. The summed E-state index contributed by atoms with van der Waals surface area (Å²) in [7, 11) is 0. The third-order valence-electron chi connectivity index (χ3n) is 8.90. The molecule has 0 spiro atoms. The second-order valence-corrected chi connectivity index (χ2v) is 11.8. The zero-order valence-corrected chi connectivity index (χ0v) is 25.3. The van der Waals surface area contributed by atoms with Crippen molar-refractivity contribution in [3.8, 4) is 22.5 Å². The van der Waals surface area contributed by atoms with E-state index in [9.17, 15) is 39.5 Å². The topological polar surface area (TPSA) is 22.8 Å². The normalized spacial score (nSPS) is 12.9. The molecule has 0 radical (unpaired) electrons. The van der Waals surface area contributed by atoms with Gasteiger partial charge in [0.15, 0.2) is 0 Å². The maximum atomic E-state index is 14.3. The van der Waals surface area contributed by atoms with Crippen LogP contribution in [0.25, 0.3) is 66.1 Å². The Morgan fingerprint density at radius 1 is 0.400 bits per heavy atom. The number of hydrogen-bond acceptors (Lipinski definition) is 1. The molecule has 0 fully saturated rings. The van der Waals surface area contributed by atoms with Crippen molar-refractivity contribution in [2.45, 2.75) is 18.5 Å². The molecule has 0 N–H and O–H groups in total. The van der Waals surface area contributed by atoms with Crippen molar-refractivity contribution in [1.82, 2.24) is 14.1 Å². The van der Waals surface area contributed by atoms with E-state index in [2.05, 4.69) is 4.98 Å². The van der Waals surface area contributed by atoms with Crippen LogP contribution in [0.1, 0.15) is 16.7 Å². The minimum absolute atomic E-state index is 0.0263. The van der Waals surface area contributed by atoms with Crippen LogP contribution in [-0.4, -0.2) is 14.1 Å².